The Bertz CT molecular complexity index is 2050. The van der Waals surface area contributed by atoms with Gasteiger partial charge in [0.2, 0.25) is 0 Å². The minimum atomic E-state index is -4.98. The first kappa shape index (κ1) is 27.9. The normalized spacial score (nSPS) is 15.0. The molecular formula is C32H31FN4O4S. The number of hydrogen-bond acceptors (Lipinski definition) is 6. The maximum absolute atomic E-state index is 14.2. The summed E-state index contributed by atoms with van der Waals surface area (Å²) in [5.74, 6) is 3.07. The number of aromatic amines is 1. The SMILES string of the molecule is C#Cc1ccc2c(c1)[nH]c1c2c(=O)c2cc(OCCCC)c(-c3cncc(S(=O)(=O)F)c3)cc2n1C1CCN(C)CC1. The van der Waals surface area contributed by atoms with Gasteiger partial charge in [-0.3, -0.25) is 9.78 Å². The highest BCUT2D eigenvalue weighted by Crippen LogP contribution is 2.39. The van der Waals surface area contributed by atoms with Crippen LogP contribution < -0.4 is 10.2 Å². The molecule has 216 valence electrons. The number of aromatic nitrogens is 3. The number of benzene rings is 2. The zero-order chi connectivity index (χ0) is 29.6. The Hall–Kier alpha value is -4.20. The zero-order valence-electron chi connectivity index (χ0n) is 23.5. The molecule has 5 aromatic rings. The maximum Gasteiger partial charge on any atom is 0.333 e. The van der Waals surface area contributed by atoms with Crippen LogP contribution in [-0.4, -0.2) is 54.6 Å². The Labute approximate surface area is 243 Å². The van der Waals surface area contributed by atoms with E-state index in [0.29, 0.717) is 51.0 Å². The van der Waals surface area contributed by atoms with E-state index in [1.165, 1.54) is 12.3 Å². The van der Waals surface area contributed by atoms with Crippen molar-refractivity contribution in [3.8, 4) is 29.2 Å². The van der Waals surface area contributed by atoms with Gasteiger partial charge in [-0.15, -0.1) is 10.3 Å². The lowest BCUT2D eigenvalue weighted by Gasteiger charge is -2.32. The van der Waals surface area contributed by atoms with Gasteiger partial charge < -0.3 is 19.2 Å². The van der Waals surface area contributed by atoms with E-state index in [9.17, 15) is 17.1 Å². The van der Waals surface area contributed by atoms with E-state index in [1.807, 2.05) is 31.2 Å². The Morgan fingerprint density at radius 3 is 2.64 bits per heavy atom. The molecule has 1 aliphatic rings. The fraction of sp³-hybridized carbons (Fsp3) is 0.312. The molecule has 0 aliphatic carbocycles. The molecule has 1 aliphatic heterocycles. The number of likely N-dealkylation sites (tertiary alicyclic amines) is 1. The first-order chi connectivity index (χ1) is 20.2. The van der Waals surface area contributed by atoms with Gasteiger partial charge in [-0.05, 0) is 69.7 Å². The molecule has 0 saturated carbocycles. The second-order valence-corrected chi connectivity index (χ2v) is 12.2. The standard InChI is InChI=1S/C32H31FN4O4S/c1-4-6-13-41-29-17-26-28(16-25(29)21-15-23(19-34-18-21)42(33,39)40)37(22-9-11-36(3)12-10-22)32-30(31(26)38)24-8-7-20(5-2)14-27(24)35-32/h2,7-8,14-19,22,35H,4,6,9-13H2,1,3H3. The second-order valence-electron chi connectivity index (χ2n) is 10.9. The molecular weight excluding hydrogens is 555 g/mol. The van der Waals surface area contributed by atoms with Crippen LogP contribution in [-0.2, 0) is 10.2 Å². The Morgan fingerprint density at radius 2 is 1.93 bits per heavy atom. The molecule has 8 nitrogen and oxygen atoms in total. The highest BCUT2D eigenvalue weighted by Gasteiger charge is 2.26. The molecule has 2 aromatic carbocycles. The number of ether oxygens (including phenoxy) is 1. The predicted octanol–water partition coefficient (Wildman–Crippen LogP) is 5.78. The van der Waals surface area contributed by atoms with Gasteiger partial charge in [0.05, 0.1) is 22.9 Å². The number of unbranched alkanes of at least 4 members (excludes halogenated alkanes) is 1. The number of H-pyrrole nitrogens is 1. The van der Waals surface area contributed by atoms with Crippen molar-refractivity contribution in [3.05, 3.63) is 64.6 Å². The van der Waals surface area contributed by atoms with Gasteiger partial charge in [0.1, 0.15) is 16.3 Å². The van der Waals surface area contributed by atoms with Crippen LogP contribution in [0.1, 0.15) is 44.2 Å². The molecule has 1 N–H and O–H groups in total. The topological polar surface area (TPSA) is 97.3 Å². The van der Waals surface area contributed by atoms with E-state index in [-0.39, 0.29) is 11.5 Å². The number of rotatable bonds is 7. The van der Waals surface area contributed by atoms with Crippen molar-refractivity contribution in [3.63, 3.8) is 0 Å². The van der Waals surface area contributed by atoms with Crippen molar-refractivity contribution in [1.82, 2.24) is 19.4 Å². The second kappa shape index (κ2) is 10.9. The molecule has 0 radical (unpaired) electrons. The summed E-state index contributed by atoms with van der Waals surface area (Å²) in [4.78, 5) is 23.5. The van der Waals surface area contributed by atoms with Gasteiger partial charge in [-0.1, -0.05) is 25.3 Å². The fourth-order valence-corrected chi connectivity index (χ4v) is 6.35. The van der Waals surface area contributed by atoms with Crippen molar-refractivity contribution in [2.75, 3.05) is 26.7 Å². The summed E-state index contributed by atoms with van der Waals surface area (Å²) in [5, 5.41) is 1.86. The number of piperidine rings is 1. The molecule has 42 heavy (non-hydrogen) atoms. The lowest BCUT2D eigenvalue weighted by atomic mass is 9.99. The van der Waals surface area contributed by atoms with Crippen LogP contribution in [0.5, 0.6) is 5.75 Å². The number of pyridine rings is 2. The van der Waals surface area contributed by atoms with Crippen LogP contribution in [0.15, 0.2) is 58.5 Å². The van der Waals surface area contributed by atoms with Crippen LogP contribution in [0, 0.1) is 12.3 Å². The molecule has 4 heterocycles. The van der Waals surface area contributed by atoms with Gasteiger partial charge in [0.15, 0.2) is 5.43 Å². The first-order valence-electron chi connectivity index (χ1n) is 14.0. The Balaban J connectivity index is 1.70. The predicted molar refractivity (Wildman–Crippen MR) is 163 cm³/mol. The van der Waals surface area contributed by atoms with E-state index in [2.05, 4.69) is 32.4 Å². The van der Waals surface area contributed by atoms with E-state index < -0.39 is 15.1 Å². The lowest BCUT2D eigenvalue weighted by Crippen LogP contribution is -2.32. The molecule has 0 atom stereocenters. The fourth-order valence-electron chi connectivity index (χ4n) is 5.89. The molecule has 0 spiro atoms. The number of fused-ring (bicyclic) bond motifs is 4. The summed E-state index contributed by atoms with van der Waals surface area (Å²) < 4.78 is 45.8. The molecule has 10 heteroatoms. The van der Waals surface area contributed by atoms with Crippen LogP contribution in [0.3, 0.4) is 0 Å². The Kier molecular flexibility index (Phi) is 7.25. The lowest BCUT2D eigenvalue weighted by molar-refractivity contribution is 0.226. The first-order valence-corrected chi connectivity index (χ1v) is 15.4. The van der Waals surface area contributed by atoms with Crippen LogP contribution in [0.25, 0.3) is 44.0 Å². The van der Waals surface area contributed by atoms with Crippen molar-refractivity contribution >= 4 is 43.1 Å². The maximum atomic E-state index is 14.2. The molecule has 0 amide bonds. The summed E-state index contributed by atoms with van der Waals surface area (Å²) in [6.07, 6.45) is 11.5. The summed E-state index contributed by atoms with van der Waals surface area (Å²) in [5.41, 5.74) is 3.63. The molecule has 0 unspecified atom stereocenters. The van der Waals surface area contributed by atoms with Crippen molar-refractivity contribution in [2.45, 2.75) is 43.5 Å². The van der Waals surface area contributed by atoms with Crippen molar-refractivity contribution < 1.29 is 17.0 Å². The van der Waals surface area contributed by atoms with Gasteiger partial charge >= 0.3 is 10.2 Å². The van der Waals surface area contributed by atoms with Crippen molar-refractivity contribution in [1.29, 1.82) is 0 Å². The van der Waals surface area contributed by atoms with Crippen LogP contribution >= 0.6 is 0 Å². The summed E-state index contributed by atoms with van der Waals surface area (Å²) in [7, 11) is -2.88. The number of halogens is 1. The van der Waals surface area contributed by atoms with Gasteiger partial charge in [0, 0.05) is 46.0 Å². The van der Waals surface area contributed by atoms with Gasteiger partial charge in [-0.2, -0.15) is 8.42 Å². The Morgan fingerprint density at radius 1 is 1.14 bits per heavy atom. The highest BCUT2D eigenvalue weighted by atomic mass is 32.3. The molecule has 6 rings (SSSR count). The van der Waals surface area contributed by atoms with E-state index in [1.54, 1.807) is 6.07 Å². The number of nitrogens with one attached hydrogen (secondary N) is 1. The summed E-state index contributed by atoms with van der Waals surface area (Å²) in [6.45, 7) is 4.24. The molecule has 0 bridgehead atoms. The van der Waals surface area contributed by atoms with Crippen LogP contribution in [0.2, 0.25) is 0 Å². The highest BCUT2D eigenvalue weighted by molar-refractivity contribution is 7.86. The number of nitrogens with zero attached hydrogens (tertiary/aromatic N) is 3. The van der Waals surface area contributed by atoms with E-state index >= 15 is 0 Å². The van der Waals surface area contributed by atoms with Gasteiger partial charge in [-0.25, -0.2) is 0 Å². The minimum Gasteiger partial charge on any atom is -0.493 e. The third-order valence-electron chi connectivity index (χ3n) is 8.13. The number of terminal acetylenes is 1. The summed E-state index contributed by atoms with van der Waals surface area (Å²) in [6, 6.07) is 10.5. The zero-order valence-corrected chi connectivity index (χ0v) is 24.3. The van der Waals surface area contributed by atoms with E-state index in [4.69, 9.17) is 11.2 Å². The van der Waals surface area contributed by atoms with E-state index in [0.717, 1.165) is 55.9 Å². The third kappa shape index (κ3) is 4.93. The summed E-state index contributed by atoms with van der Waals surface area (Å²) >= 11 is 0. The quantitative estimate of drug-likeness (QED) is 0.148. The minimum absolute atomic E-state index is 0.0855. The number of hydrogen-bond donors (Lipinski definition) is 1. The monoisotopic (exact) mass is 586 g/mol. The smallest absolute Gasteiger partial charge is 0.333 e. The molecule has 3 aromatic heterocycles. The van der Waals surface area contributed by atoms with Crippen molar-refractivity contribution in [2.24, 2.45) is 0 Å². The molecule has 1 saturated heterocycles. The van der Waals surface area contributed by atoms with Gasteiger partial charge in [0.25, 0.3) is 0 Å². The largest absolute Gasteiger partial charge is 0.493 e. The average molecular weight is 587 g/mol. The third-order valence-corrected chi connectivity index (χ3v) is 8.92. The van der Waals surface area contributed by atoms with Crippen LogP contribution in [0.4, 0.5) is 3.89 Å². The average Bonchev–Trinajstić information content (AvgIpc) is 3.36. The molecule has 1 fully saturated rings.